The molecule has 0 rings (SSSR count). The van der Waals surface area contributed by atoms with E-state index in [1.807, 2.05) is 0 Å². The van der Waals surface area contributed by atoms with Gasteiger partial charge in [-0.2, -0.15) is 17.9 Å². The van der Waals surface area contributed by atoms with Gasteiger partial charge in [-0.3, -0.25) is 9.59 Å². The summed E-state index contributed by atoms with van der Waals surface area (Å²) in [5.41, 5.74) is -1.38. The van der Waals surface area contributed by atoms with Crippen molar-refractivity contribution in [1.29, 1.82) is 5.26 Å². The molecule has 0 aromatic carbocycles. The Kier molecular flexibility index (Phi) is 4.30. The van der Waals surface area contributed by atoms with E-state index in [9.17, 15) is 9.59 Å². The summed E-state index contributed by atoms with van der Waals surface area (Å²) in [5, 5.41) is 15.5. The first kappa shape index (κ1) is 12.3. The van der Waals surface area contributed by atoms with Gasteiger partial charge in [0.15, 0.2) is 0 Å². The van der Waals surface area contributed by atoms with E-state index in [-0.39, 0.29) is 6.42 Å². The van der Waals surface area contributed by atoms with Crippen LogP contribution in [0.25, 0.3) is 0 Å². The van der Waals surface area contributed by atoms with Crippen molar-refractivity contribution in [2.24, 2.45) is 5.41 Å². The molecule has 0 aliphatic heterocycles. The average molecular weight is 219 g/mol. The van der Waals surface area contributed by atoms with Crippen LogP contribution in [0.3, 0.4) is 0 Å². The van der Waals surface area contributed by atoms with Crippen LogP contribution in [-0.4, -0.2) is 21.4 Å². The fourth-order valence-corrected chi connectivity index (χ4v) is 1.16. The van der Waals surface area contributed by atoms with Crippen LogP contribution in [0.15, 0.2) is 0 Å². The first-order valence-electron chi connectivity index (χ1n) is 3.39. The molecule has 0 heterocycles. The molecule has 0 saturated heterocycles. The van der Waals surface area contributed by atoms with Crippen LogP contribution in [0.2, 0.25) is 0 Å². The van der Waals surface area contributed by atoms with Crippen molar-refractivity contribution in [2.75, 3.05) is 0 Å². The van der Waals surface area contributed by atoms with Gasteiger partial charge in [0.25, 0.3) is 0 Å². The second-order valence-electron chi connectivity index (χ2n) is 2.81. The maximum absolute atomic E-state index is 10.9. The summed E-state index contributed by atoms with van der Waals surface area (Å²) >= 11 is 7.24. The molecule has 1 N–H and O–H groups in total. The zero-order valence-electron chi connectivity index (χ0n) is 6.89. The number of rotatable bonds is 4. The second kappa shape index (κ2) is 4.53. The van der Waals surface area contributed by atoms with E-state index >= 15 is 0 Å². The van der Waals surface area contributed by atoms with Gasteiger partial charge < -0.3 is 5.11 Å². The Labute approximate surface area is 86.7 Å². The van der Waals surface area contributed by atoms with E-state index in [4.69, 9.17) is 10.4 Å². The molecule has 0 saturated carbocycles. The van der Waals surface area contributed by atoms with E-state index in [0.717, 1.165) is 0 Å². The lowest BCUT2D eigenvalue weighted by Crippen LogP contribution is -2.29. The molecule has 0 fully saturated rings. The Morgan fingerprint density at radius 2 is 2.15 bits per heavy atom. The molecule has 6 heteroatoms. The van der Waals surface area contributed by atoms with Crippen LogP contribution < -0.4 is 0 Å². The second-order valence-corrected chi connectivity index (χ2v) is 3.84. The molecule has 13 heavy (non-hydrogen) atoms. The summed E-state index contributed by atoms with van der Waals surface area (Å²) < 4.78 is 0. The van der Waals surface area contributed by atoms with Crippen molar-refractivity contribution >= 4 is 36.3 Å². The quantitative estimate of drug-likeness (QED) is 0.610. The zero-order chi connectivity index (χ0) is 10.6. The fourth-order valence-electron chi connectivity index (χ4n) is 0.655. The largest absolute Gasteiger partial charge is 0.480 e. The molecule has 4 nitrogen and oxygen atoms in total. The predicted molar refractivity (Wildman–Crippen MR) is 52.7 cm³/mol. The maximum Gasteiger partial charge on any atom is 0.316 e. The zero-order valence-corrected chi connectivity index (χ0v) is 8.68. The molecule has 0 spiro atoms. The molecule has 0 aromatic rings. The Morgan fingerprint density at radius 1 is 1.69 bits per heavy atom. The summed E-state index contributed by atoms with van der Waals surface area (Å²) in [5.74, 6) is -1.15. The molecule has 0 bridgehead atoms. The third kappa shape index (κ3) is 3.28. The van der Waals surface area contributed by atoms with Gasteiger partial charge in [0, 0.05) is 0 Å². The minimum atomic E-state index is -1.38. The van der Waals surface area contributed by atoms with Crippen molar-refractivity contribution in [2.45, 2.75) is 18.6 Å². The number of thiol groups is 2. The molecular formula is C7H9NO3S2. The normalized spacial score (nSPS) is 16.8. The highest BCUT2D eigenvalue weighted by molar-refractivity contribution is 7.96. The first-order valence-corrected chi connectivity index (χ1v) is 4.35. The van der Waals surface area contributed by atoms with E-state index in [1.54, 1.807) is 6.07 Å². The Hall–Kier alpha value is -0.670. The smallest absolute Gasteiger partial charge is 0.316 e. The molecule has 0 aliphatic carbocycles. The third-order valence-corrected chi connectivity index (χ3v) is 2.50. The van der Waals surface area contributed by atoms with Gasteiger partial charge in [-0.05, 0) is 13.3 Å². The van der Waals surface area contributed by atoms with E-state index in [2.05, 4.69) is 25.3 Å². The Morgan fingerprint density at radius 3 is 2.38 bits per heavy atom. The summed E-state index contributed by atoms with van der Waals surface area (Å²) in [6.07, 6.45) is -0.149. The highest BCUT2D eigenvalue weighted by Gasteiger charge is 2.35. The first-order chi connectivity index (χ1) is 5.83. The number of hydrogen-bond acceptors (Lipinski definition) is 4. The summed E-state index contributed by atoms with van der Waals surface area (Å²) in [7, 11) is 0. The summed E-state index contributed by atoms with van der Waals surface area (Å²) in [6.45, 7) is 1.34. The maximum atomic E-state index is 10.9. The molecular weight excluding hydrogens is 210 g/mol. The highest BCUT2D eigenvalue weighted by Crippen LogP contribution is 2.27. The van der Waals surface area contributed by atoms with Crippen LogP contribution in [0.4, 0.5) is 0 Å². The van der Waals surface area contributed by atoms with Gasteiger partial charge in [0.2, 0.25) is 5.12 Å². The van der Waals surface area contributed by atoms with Crippen molar-refractivity contribution < 1.29 is 14.7 Å². The number of carbonyl (C=O) groups excluding carboxylic acids is 1. The lowest BCUT2D eigenvalue weighted by atomic mass is 9.88. The van der Waals surface area contributed by atoms with E-state index in [1.165, 1.54) is 6.92 Å². The van der Waals surface area contributed by atoms with Crippen LogP contribution in [0, 0.1) is 16.7 Å². The minimum absolute atomic E-state index is 0.149. The standard InChI is InChI=1S/C7H9NO3S2/c1-7(3-8,6(11)13)2-4(12)5(9)10/h4,12H,2H2,1H3,(H,9,10)(H,11,13). The summed E-state index contributed by atoms with van der Waals surface area (Å²) in [6, 6.07) is 1.73. The lowest BCUT2D eigenvalue weighted by Gasteiger charge is -2.18. The SMILES string of the molecule is CC(C#N)(CC(S)C(=O)O)C(=O)S. The van der Waals surface area contributed by atoms with Crippen molar-refractivity contribution in [3.63, 3.8) is 0 Å². The van der Waals surface area contributed by atoms with Crippen LogP contribution in [0.1, 0.15) is 13.3 Å². The monoisotopic (exact) mass is 219 g/mol. The lowest BCUT2D eigenvalue weighted by molar-refractivity contribution is -0.136. The van der Waals surface area contributed by atoms with Crippen molar-refractivity contribution in [3.8, 4) is 6.07 Å². The topological polar surface area (TPSA) is 78.2 Å². The summed E-state index contributed by atoms with van der Waals surface area (Å²) in [4.78, 5) is 21.3. The van der Waals surface area contributed by atoms with Crippen molar-refractivity contribution in [3.05, 3.63) is 0 Å². The molecule has 0 radical (unpaired) electrons. The van der Waals surface area contributed by atoms with Gasteiger partial charge in [-0.1, -0.05) is 0 Å². The van der Waals surface area contributed by atoms with Crippen molar-refractivity contribution in [1.82, 2.24) is 0 Å². The van der Waals surface area contributed by atoms with Crippen LogP contribution in [-0.2, 0) is 9.59 Å². The number of hydrogen-bond donors (Lipinski definition) is 3. The van der Waals surface area contributed by atoms with Gasteiger partial charge in [-0.25, -0.2) is 0 Å². The fraction of sp³-hybridized carbons (Fsp3) is 0.571. The molecule has 72 valence electrons. The predicted octanol–water partition coefficient (Wildman–Crippen LogP) is 0.746. The Balaban J connectivity index is 4.57. The molecule has 0 aromatic heterocycles. The van der Waals surface area contributed by atoms with Gasteiger partial charge in [0.1, 0.15) is 10.7 Å². The van der Waals surface area contributed by atoms with Gasteiger partial charge >= 0.3 is 5.97 Å². The highest BCUT2D eigenvalue weighted by atomic mass is 32.1. The van der Waals surface area contributed by atoms with E-state index < -0.39 is 21.7 Å². The van der Waals surface area contributed by atoms with Crippen LogP contribution in [0.5, 0.6) is 0 Å². The Bertz CT molecular complexity index is 273. The number of nitrogens with zero attached hydrogens (tertiary/aromatic N) is 1. The number of carbonyl (C=O) groups is 2. The van der Waals surface area contributed by atoms with Gasteiger partial charge in [0.05, 0.1) is 6.07 Å². The minimum Gasteiger partial charge on any atom is -0.480 e. The number of carboxylic acids is 1. The number of nitriles is 1. The molecule has 2 atom stereocenters. The van der Waals surface area contributed by atoms with E-state index in [0.29, 0.717) is 0 Å². The number of carboxylic acid groups (broad SMARTS) is 1. The third-order valence-electron chi connectivity index (χ3n) is 1.61. The number of aliphatic carboxylic acids is 1. The molecule has 0 aliphatic rings. The van der Waals surface area contributed by atoms with Gasteiger partial charge in [-0.15, -0.1) is 12.6 Å². The molecule has 0 amide bonds. The molecule has 2 unspecified atom stereocenters. The van der Waals surface area contributed by atoms with Crippen LogP contribution >= 0.6 is 25.3 Å². The average Bonchev–Trinajstić information content (AvgIpc) is 2.03.